The number of carbonyl (C=O) groups excluding carboxylic acids is 1. The molecule has 1 N–H and O–H groups in total. The summed E-state index contributed by atoms with van der Waals surface area (Å²) in [5.74, 6) is -3.31. The Labute approximate surface area is 88.8 Å². The second kappa shape index (κ2) is 6.24. The van der Waals surface area contributed by atoms with Gasteiger partial charge in [0.25, 0.3) is 0 Å². The molecule has 0 aromatic heterocycles. The van der Waals surface area contributed by atoms with Crippen LogP contribution in [0.25, 0.3) is 0 Å². The summed E-state index contributed by atoms with van der Waals surface area (Å²) in [5, 5.41) is 1.93. The Bertz CT molecular complexity index is 306. The van der Waals surface area contributed by atoms with Crippen LogP contribution in [-0.2, 0) is 4.79 Å². The van der Waals surface area contributed by atoms with Gasteiger partial charge in [-0.1, -0.05) is 6.92 Å². The molecule has 0 spiro atoms. The van der Waals surface area contributed by atoms with E-state index in [1.165, 1.54) is 0 Å². The second-order valence-corrected chi connectivity index (χ2v) is 2.71. The minimum absolute atomic E-state index is 0.191. The second-order valence-electron chi connectivity index (χ2n) is 2.71. The van der Waals surface area contributed by atoms with E-state index in [1.54, 1.807) is 0 Å². The van der Waals surface area contributed by atoms with Gasteiger partial charge in [-0.25, -0.2) is 8.78 Å². The summed E-state index contributed by atoms with van der Waals surface area (Å²) in [6, 6.07) is 0. The third-order valence-electron chi connectivity index (χ3n) is 1.59. The molecule has 0 fully saturated rings. The lowest BCUT2D eigenvalue weighted by molar-refractivity contribution is -0.109. The van der Waals surface area contributed by atoms with Gasteiger partial charge < -0.3 is 5.32 Å². The van der Waals surface area contributed by atoms with Gasteiger partial charge in [0, 0.05) is 6.54 Å². The van der Waals surface area contributed by atoms with Gasteiger partial charge in [0.2, 0.25) is 6.41 Å². The maximum atomic E-state index is 13.0. The lowest BCUT2D eigenvalue weighted by Crippen LogP contribution is -2.16. The predicted molar refractivity (Wildman–Crippen MR) is 47.7 cm³/mol. The number of rotatable bonds is 5. The van der Waals surface area contributed by atoms with Crippen LogP contribution in [-0.4, -0.2) is 19.1 Å². The highest BCUT2D eigenvalue weighted by Crippen LogP contribution is 2.35. The van der Waals surface area contributed by atoms with E-state index in [0.29, 0.717) is 6.08 Å². The molecule has 0 heterocycles. The van der Waals surface area contributed by atoms with Gasteiger partial charge >= 0.3 is 6.18 Å². The first-order valence-corrected chi connectivity index (χ1v) is 4.33. The summed E-state index contributed by atoms with van der Waals surface area (Å²) in [7, 11) is 0. The normalized spacial score (nSPS) is 14.5. The molecule has 0 unspecified atom stereocenters. The molecular weight excluding hydrogens is 233 g/mol. The highest BCUT2D eigenvalue weighted by molar-refractivity contribution is 5.46. The van der Waals surface area contributed by atoms with Gasteiger partial charge in [-0.3, -0.25) is 4.79 Å². The number of halogens is 5. The van der Waals surface area contributed by atoms with Crippen LogP contribution >= 0.6 is 0 Å². The SMILES string of the molecule is CC/C(F)=C(\C(F)=C/CNC=O)C(F)(F)F. The molecule has 92 valence electrons. The zero-order chi connectivity index (χ0) is 12.8. The number of nitrogens with one attached hydrogen (secondary N) is 1. The molecule has 0 radical (unpaired) electrons. The van der Waals surface area contributed by atoms with E-state index in [4.69, 9.17) is 0 Å². The van der Waals surface area contributed by atoms with Crippen molar-refractivity contribution in [3.05, 3.63) is 23.3 Å². The van der Waals surface area contributed by atoms with Crippen molar-refractivity contribution < 1.29 is 26.7 Å². The summed E-state index contributed by atoms with van der Waals surface area (Å²) in [5.41, 5.74) is -1.93. The molecule has 0 rings (SSSR count). The van der Waals surface area contributed by atoms with Crippen molar-refractivity contribution in [2.45, 2.75) is 19.5 Å². The van der Waals surface area contributed by atoms with Gasteiger partial charge in [0.15, 0.2) is 0 Å². The first-order valence-electron chi connectivity index (χ1n) is 4.33. The Morgan fingerprint density at radius 1 is 1.31 bits per heavy atom. The molecule has 16 heavy (non-hydrogen) atoms. The Balaban J connectivity index is 5.07. The molecule has 0 bridgehead atoms. The fraction of sp³-hybridized carbons (Fsp3) is 0.444. The van der Waals surface area contributed by atoms with E-state index in [-0.39, 0.29) is 6.41 Å². The molecule has 0 saturated heterocycles. The maximum absolute atomic E-state index is 13.0. The lowest BCUT2D eigenvalue weighted by Gasteiger charge is -2.10. The van der Waals surface area contributed by atoms with Gasteiger partial charge in [-0.2, -0.15) is 13.2 Å². The molecule has 0 atom stereocenters. The molecule has 0 aliphatic heterocycles. The highest BCUT2D eigenvalue weighted by Gasteiger charge is 2.39. The molecule has 2 nitrogen and oxygen atoms in total. The standard InChI is InChI=1S/C9H10F5NO/c1-2-6(10)8(9(12,13)14)7(11)3-4-15-5-16/h3,5H,2,4H2,1H3,(H,15,16)/b7-3+,8-6-. The summed E-state index contributed by atoms with van der Waals surface area (Å²) < 4.78 is 62.6. The van der Waals surface area contributed by atoms with Crippen molar-refractivity contribution in [3.8, 4) is 0 Å². The summed E-state index contributed by atoms with van der Waals surface area (Å²) in [4.78, 5) is 9.77. The molecular formula is C9H10F5NO. The lowest BCUT2D eigenvalue weighted by atomic mass is 10.1. The van der Waals surface area contributed by atoms with Crippen molar-refractivity contribution in [1.29, 1.82) is 0 Å². The Kier molecular flexibility index (Phi) is 5.69. The number of hydrogen-bond acceptors (Lipinski definition) is 1. The van der Waals surface area contributed by atoms with Crippen LogP contribution in [0, 0.1) is 0 Å². The van der Waals surface area contributed by atoms with Crippen molar-refractivity contribution in [3.63, 3.8) is 0 Å². The minimum Gasteiger partial charge on any atom is -0.355 e. The van der Waals surface area contributed by atoms with Gasteiger partial charge in [-0.05, 0) is 12.5 Å². The summed E-state index contributed by atoms with van der Waals surface area (Å²) >= 11 is 0. The molecule has 1 amide bonds. The van der Waals surface area contributed by atoms with Gasteiger partial charge in [0.1, 0.15) is 17.2 Å². The van der Waals surface area contributed by atoms with Gasteiger partial charge in [0.05, 0.1) is 0 Å². The van der Waals surface area contributed by atoms with E-state index in [9.17, 15) is 26.7 Å². The van der Waals surface area contributed by atoms with Crippen molar-refractivity contribution in [1.82, 2.24) is 5.32 Å². The Morgan fingerprint density at radius 2 is 1.88 bits per heavy atom. The van der Waals surface area contributed by atoms with E-state index < -0.39 is 36.4 Å². The number of hydrogen-bond donors (Lipinski definition) is 1. The third kappa shape index (κ3) is 4.41. The zero-order valence-corrected chi connectivity index (χ0v) is 8.37. The molecule has 0 saturated carbocycles. The van der Waals surface area contributed by atoms with Crippen molar-refractivity contribution >= 4 is 6.41 Å². The summed E-state index contributed by atoms with van der Waals surface area (Å²) in [6.45, 7) is 0.698. The first-order chi connectivity index (χ1) is 7.34. The van der Waals surface area contributed by atoms with Crippen molar-refractivity contribution in [2.24, 2.45) is 0 Å². The maximum Gasteiger partial charge on any atom is 0.421 e. The third-order valence-corrected chi connectivity index (χ3v) is 1.59. The largest absolute Gasteiger partial charge is 0.421 e. The van der Waals surface area contributed by atoms with Crippen LogP contribution in [0.1, 0.15) is 13.3 Å². The van der Waals surface area contributed by atoms with E-state index in [1.807, 2.05) is 5.32 Å². The first kappa shape index (κ1) is 14.6. The van der Waals surface area contributed by atoms with Crippen LogP contribution in [0.3, 0.4) is 0 Å². The van der Waals surface area contributed by atoms with E-state index in [2.05, 4.69) is 0 Å². The molecule has 0 aliphatic rings. The molecule has 0 aliphatic carbocycles. The van der Waals surface area contributed by atoms with Crippen LogP contribution in [0.5, 0.6) is 0 Å². The average molecular weight is 243 g/mol. The van der Waals surface area contributed by atoms with Crippen LogP contribution in [0.15, 0.2) is 23.3 Å². The monoisotopic (exact) mass is 243 g/mol. The van der Waals surface area contributed by atoms with Crippen LogP contribution in [0.4, 0.5) is 22.0 Å². The molecule has 0 aromatic carbocycles. The summed E-state index contributed by atoms with van der Waals surface area (Å²) in [6.07, 6.45) is -5.01. The fourth-order valence-corrected chi connectivity index (χ4v) is 0.894. The minimum atomic E-state index is -5.10. The Morgan fingerprint density at radius 3 is 2.25 bits per heavy atom. The highest BCUT2D eigenvalue weighted by atomic mass is 19.4. The van der Waals surface area contributed by atoms with Crippen LogP contribution in [0.2, 0.25) is 0 Å². The van der Waals surface area contributed by atoms with E-state index in [0.717, 1.165) is 6.92 Å². The fourth-order valence-electron chi connectivity index (χ4n) is 0.894. The topological polar surface area (TPSA) is 29.1 Å². The Hall–Kier alpha value is -1.40. The van der Waals surface area contributed by atoms with Crippen LogP contribution < -0.4 is 5.32 Å². The predicted octanol–water partition coefficient (Wildman–Crippen LogP) is 2.78. The average Bonchev–Trinajstić information content (AvgIpc) is 2.16. The smallest absolute Gasteiger partial charge is 0.355 e. The number of carbonyl (C=O) groups is 1. The number of allylic oxidation sites excluding steroid dienone is 3. The quantitative estimate of drug-likeness (QED) is 0.342. The van der Waals surface area contributed by atoms with Crippen molar-refractivity contribution in [2.75, 3.05) is 6.54 Å². The molecule has 7 heteroatoms. The number of amides is 1. The number of alkyl halides is 3. The molecule has 0 aromatic rings. The van der Waals surface area contributed by atoms with Gasteiger partial charge in [-0.15, -0.1) is 0 Å². The van der Waals surface area contributed by atoms with E-state index >= 15 is 0 Å². The zero-order valence-electron chi connectivity index (χ0n) is 8.37.